The van der Waals surface area contributed by atoms with E-state index < -0.39 is 0 Å². The molecule has 2 aromatic carbocycles. The number of benzene rings is 2. The van der Waals surface area contributed by atoms with Crippen LogP contribution in [0.4, 0.5) is 5.69 Å². The summed E-state index contributed by atoms with van der Waals surface area (Å²) in [6.07, 6.45) is 2.28. The lowest BCUT2D eigenvalue weighted by atomic mass is 9.93. The molecule has 4 rings (SSSR count). The lowest BCUT2D eigenvalue weighted by Gasteiger charge is -2.28. The van der Waals surface area contributed by atoms with Crippen molar-refractivity contribution in [1.29, 1.82) is 0 Å². The Bertz CT molecular complexity index is 1470. The van der Waals surface area contributed by atoms with Crippen LogP contribution in [0.15, 0.2) is 48.5 Å². The zero-order valence-corrected chi connectivity index (χ0v) is 29.8. The van der Waals surface area contributed by atoms with Crippen molar-refractivity contribution in [3.05, 3.63) is 54.1 Å². The van der Waals surface area contributed by atoms with Crippen LogP contribution in [0.3, 0.4) is 0 Å². The molecule has 2 heterocycles. The molecule has 3 aromatic rings. The summed E-state index contributed by atoms with van der Waals surface area (Å²) < 4.78 is 13.2. The minimum atomic E-state index is -0.175. The number of hydrogen-bond acceptors (Lipinski definition) is 8. The van der Waals surface area contributed by atoms with Gasteiger partial charge < -0.3 is 29.5 Å². The molecule has 11 nitrogen and oxygen atoms in total. The summed E-state index contributed by atoms with van der Waals surface area (Å²) in [6.45, 7) is 13.1. The first-order valence-electron chi connectivity index (χ1n) is 17.2. The van der Waals surface area contributed by atoms with Crippen LogP contribution in [0.25, 0.3) is 22.5 Å². The van der Waals surface area contributed by atoms with Gasteiger partial charge in [0.15, 0.2) is 0 Å². The predicted molar refractivity (Wildman–Crippen MR) is 191 cm³/mol. The van der Waals surface area contributed by atoms with E-state index in [1.165, 1.54) is 0 Å². The predicted octanol–water partition coefficient (Wildman–Crippen LogP) is 4.71. The van der Waals surface area contributed by atoms with Crippen molar-refractivity contribution in [2.24, 2.45) is 5.41 Å². The van der Waals surface area contributed by atoms with Crippen LogP contribution >= 0.6 is 0 Å². The number of hydrogen-bond donors (Lipinski definition) is 1. The van der Waals surface area contributed by atoms with E-state index in [-0.39, 0.29) is 30.1 Å². The number of carbonyl (C=O) groups excluding carboxylic acids is 2. The Balaban J connectivity index is 1.37. The SMILES string of the molecule is CN(C)CCCN(C)CCn1nnc2c1-c1ccccc1CN(C(=O)CCC(=O)NCCOCCOCCC(C)(C)C)c1ccccc1-2. The number of nitrogens with one attached hydrogen (secondary N) is 1. The molecule has 0 spiro atoms. The molecular weight excluding hydrogens is 606 g/mol. The third-order valence-corrected chi connectivity index (χ3v) is 8.43. The van der Waals surface area contributed by atoms with Gasteiger partial charge in [0.1, 0.15) is 5.69 Å². The fourth-order valence-corrected chi connectivity index (χ4v) is 5.63. The summed E-state index contributed by atoms with van der Waals surface area (Å²) in [5, 5.41) is 12.2. The van der Waals surface area contributed by atoms with Crippen molar-refractivity contribution in [2.45, 2.75) is 59.5 Å². The Morgan fingerprint density at radius 3 is 2.33 bits per heavy atom. The molecule has 11 heteroatoms. The second-order valence-electron chi connectivity index (χ2n) is 14.0. The maximum atomic E-state index is 13.8. The van der Waals surface area contributed by atoms with Gasteiger partial charge in [0.05, 0.1) is 44.3 Å². The molecule has 48 heavy (non-hydrogen) atoms. The lowest BCUT2D eigenvalue weighted by molar-refractivity contribution is -0.125. The molecule has 0 unspecified atom stereocenters. The zero-order chi connectivity index (χ0) is 34.5. The number of carbonyl (C=O) groups is 2. The van der Waals surface area contributed by atoms with E-state index in [0.29, 0.717) is 46.1 Å². The molecule has 0 saturated carbocycles. The number of rotatable bonds is 18. The maximum Gasteiger partial charge on any atom is 0.227 e. The van der Waals surface area contributed by atoms with E-state index in [2.05, 4.69) is 79.5 Å². The van der Waals surface area contributed by atoms with Crippen LogP contribution in [0.5, 0.6) is 0 Å². The lowest BCUT2D eigenvalue weighted by Crippen LogP contribution is -2.34. The number of likely N-dealkylation sites (N-methyl/N-ethyl adjacent to an activating group) is 1. The van der Waals surface area contributed by atoms with Gasteiger partial charge in [-0.1, -0.05) is 68.4 Å². The number of ether oxygens (including phenoxy) is 2. The van der Waals surface area contributed by atoms with Crippen LogP contribution in [-0.2, 0) is 32.2 Å². The highest BCUT2D eigenvalue weighted by Gasteiger charge is 2.29. The second kappa shape index (κ2) is 18.2. The Hall–Kier alpha value is -3.64. The van der Waals surface area contributed by atoms with E-state index >= 15 is 0 Å². The number of nitrogens with zero attached hydrogens (tertiary/aromatic N) is 6. The van der Waals surface area contributed by atoms with Crippen LogP contribution < -0.4 is 10.2 Å². The molecule has 262 valence electrons. The fraction of sp³-hybridized carbons (Fsp3) is 0.568. The molecule has 0 aliphatic carbocycles. The van der Waals surface area contributed by atoms with E-state index in [4.69, 9.17) is 9.47 Å². The van der Waals surface area contributed by atoms with Crippen LogP contribution in [0, 0.1) is 5.41 Å². The van der Waals surface area contributed by atoms with Crippen molar-refractivity contribution in [3.8, 4) is 22.5 Å². The number of para-hydroxylation sites is 1. The number of fused-ring (bicyclic) bond motifs is 5. The van der Waals surface area contributed by atoms with Gasteiger partial charge in [0.2, 0.25) is 11.8 Å². The largest absolute Gasteiger partial charge is 0.379 e. The quantitative estimate of drug-likeness (QED) is 0.196. The van der Waals surface area contributed by atoms with E-state index in [0.717, 1.165) is 66.2 Å². The molecule has 1 aliphatic heterocycles. The Morgan fingerprint density at radius 1 is 0.875 bits per heavy atom. The Kier molecular flexibility index (Phi) is 14.1. The first kappa shape index (κ1) is 37.2. The van der Waals surface area contributed by atoms with Crippen molar-refractivity contribution in [2.75, 3.05) is 78.6 Å². The standard InChI is InChI=1S/C37H55N7O4/c1-37(2,3)18-24-47-26-27-48-25-19-38-33(45)16-17-34(46)43-28-29-12-7-8-13-30(29)36-35(31-14-9-10-15-32(31)43)39-40-44(36)23-22-42(6)21-11-20-41(4)5/h7-10,12-15H,11,16-28H2,1-6H3,(H,38,45). The van der Waals surface area contributed by atoms with Crippen molar-refractivity contribution >= 4 is 17.5 Å². The molecule has 0 saturated heterocycles. The molecule has 0 fully saturated rings. The molecule has 1 aliphatic rings. The van der Waals surface area contributed by atoms with Crippen molar-refractivity contribution in [3.63, 3.8) is 0 Å². The highest BCUT2D eigenvalue weighted by atomic mass is 16.5. The van der Waals surface area contributed by atoms with E-state index in [1.54, 1.807) is 4.90 Å². The van der Waals surface area contributed by atoms with Crippen LogP contribution in [-0.4, -0.2) is 110 Å². The highest BCUT2D eigenvalue weighted by molar-refractivity contribution is 6.01. The molecule has 1 aromatic heterocycles. The summed E-state index contributed by atoms with van der Waals surface area (Å²) in [5.74, 6) is -0.294. The minimum Gasteiger partial charge on any atom is -0.379 e. The summed E-state index contributed by atoms with van der Waals surface area (Å²) in [6, 6.07) is 16.0. The Morgan fingerprint density at radius 2 is 1.58 bits per heavy atom. The average Bonchev–Trinajstić information content (AvgIpc) is 3.46. The van der Waals surface area contributed by atoms with Gasteiger partial charge in [-0.15, -0.1) is 5.10 Å². The molecule has 0 radical (unpaired) electrons. The van der Waals surface area contributed by atoms with Gasteiger partial charge in [-0.05, 0) is 64.1 Å². The third-order valence-electron chi connectivity index (χ3n) is 8.43. The number of anilines is 1. The van der Waals surface area contributed by atoms with Crippen LogP contribution in [0.1, 0.15) is 52.0 Å². The van der Waals surface area contributed by atoms with Gasteiger partial charge in [-0.3, -0.25) is 9.59 Å². The highest BCUT2D eigenvalue weighted by Crippen LogP contribution is 2.41. The van der Waals surface area contributed by atoms with Gasteiger partial charge in [-0.2, -0.15) is 0 Å². The van der Waals surface area contributed by atoms with Gasteiger partial charge >= 0.3 is 0 Å². The second-order valence-corrected chi connectivity index (χ2v) is 14.0. The maximum absolute atomic E-state index is 13.8. The monoisotopic (exact) mass is 661 g/mol. The Labute approximate surface area is 286 Å². The summed E-state index contributed by atoms with van der Waals surface area (Å²) in [7, 11) is 6.34. The molecule has 2 amide bonds. The summed E-state index contributed by atoms with van der Waals surface area (Å²) >= 11 is 0. The van der Waals surface area contributed by atoms with Crippen molar-refractivity contribution < 1.29 is 19.1 Å². The normalized spacial score (nSPS) is 12.8. The van der Waals surface area contributed by atoms with Gasteiger partial charge in [-0.25, -0.2) is 4.68 Å². The van der Waals surface area contributed by atoms with Crippen LogP contribution in [0.2, 0.25) is 0 Å². The number of amides is 2. The fourth-order valence-electron chi connectivity index (χ4n) is 5.63. The molecule has 0 atom stereocenters. The number of aromatic nitrogens is 3. The van der Waals surface area contributed by atoms with E-state index in [9.17, 15) is 9.59 Å². The first-order valence-corrected chi connectivity index (χ1v) is 17.2. The molecular formula is C37H55N7O4. The minimum absolute atomic E-state index is 0.0878. The van der Waals surface area contributed by atoms with E-state index in [1.807, 2.05) is 41.1 Å². The molecule has 0 bridgehead atoms. The van der Waals surface area contributed by atoms with Gasteiger partial charge in [0.25, 0.3) is 0 Å². The smallest absolute Gasteiger partial charge is 0.227 e. The third kappa shape index (κ3) is 11.2. The van der Waals surface area contributed by atoms with Gasteiger partial charge in [0, 0.05) is 43.7 Å². The van der Waals surface area contributed by atoms with Crippen molar-refractivity contribution in [1.82, 2.24) is 30.1 Å². The summed E-state index contributed by atoms with van der Waals surface area (Å²) in [5.41, 5.74) is 5.61. The topological polar surface area (TPSA) is 105 Å². The average molecular weight is 662 g/mol. The molecule has 1 N–H and O–H groups in total. The zero-order valence-electron chi connectivity index (χ0n) is 29.8. The first-order chi connectivity index (χ1) is 23.0. The summed E-state index contributed by atoms with van der Waals surface area (Å²) in [4.78, 5) is 32.7.